The first-order valence-electron chi connectivity index (χ1n) is 7.81. The first-order chi connectivity index (χ1) is 12.0. The lowest BCUT2D eigenvalue weighted by Gasteiger charge is -2.18. The molecule has 0 fully saturated rings. The van der Waals surface area contributed by atoms with Crippen molar-refractivity contribution in [3.8, 4) is 5.69 Å². The molecule has 142 valence electrons. The van der Waals surface area contributed by atoms with Crippen LogP contribution in [0.2, 0.25) is 0 Å². The van der Waals surface area contributed by atoms with Gasteiger partial charge in [0.1, 0.15) is 12.4 Å². The number of aromatic nitrogens is 2. The van der Waals surface area contributed by atoms with Gasteiger partial charge in [-0.25, -0.2) is 9.48 Å². The summed E-state index contributed by atoms with van der Waals surface area (Å²) < 4.78 is 4.77. The lowest BCUT2D eigenvalue weighted by Crippen LogP contribution is -2.22. The third-order valence-corrected chi connectivity index (χ3v) is 4.00. The molecule has 2 rings (SSSR count). The highest BCUT2D eigenvalue weighted by atomic mass is 35.6. The Morgan fingerprint density at radius 3 is 2.42 bits per heavy atom. The standard InChI is InChI=1S/C17H20Cl3N3O3/c1-11-4-6-12(7-5-11)23-14(8-13(22-23)16(2,3)9-24)21-15(25)26-10-17(18,19)20/h4-8,24H,9-10H2,1-3H3,(H,21,25). The summed E-state index contributed by atoms with van der Waals surface area (Å²) in [7, 11) is 0. The van der Waals surface area contributed by atoms with Crippen LogP contribution >= 0.6 is 34.8 Å². The van der Waals surface area contributed by atoms with E-state index < -0.39 is 21.9 Å². The van der Waals surface area contributed by atoms with Crippen LogP contribution in [0, 0.1) is 6.92 Å². The highest BCUT2D eigenvalue weighted by Gasteiger charge is 2.26. The smallest absolute Gasteiger partial charge is 0.412 e. The SMILES string of the molecule is Cc1ccc(-n2nc(C(C)(C)CO)cc2NC(=O)OCC(Cl)(Cl)Cl)cc1. The van der Waals surface area contributed by atoms with Crippen LogP contribution in [0.1, 0.15) is 25.1 Å². The number of rotatable bonds is 5. The van der Waals surface area contributed by atoms with Gasteiger partial charge in [0.15, 0.2) is 0 Å². The topological polar surface area (TPSA) is 76.4 Å². The Bertz CT molecular complexity index is 768. The molecule has 0 saturated carbocycles. The number of ether oxygens (including phenoxy) is 1. The zero-order chi connectivity index (χ0) is 19.5. The van der Waals surface area contributed by atoms with E-state index in [9.17, 15) is 9.90 Å². The molecule has 1 aromatic carbocycles. The Morgan fingerprint density at radius 1 is 1.27 bits per heavy atom. The fraction of sp³-hybridized carbons (Fsp3) is 0.412. The molecule has 2 N–H and O–H groups in total. The first-order valence-corrected chi connectivity index (χ1v) is 8.94. The lowest BCUT2D eigenvalue weighted by atomic mass is 9.91. The maximum Gasteiger partial charge on any atom is 0.412 e. The van der Waals surface area contributed by atoms with Crippen molar-refractivity contribution in [2.24, 2.45) is 0 Å². The van der Waals surface area contributed by atoms with Crippen LogP contribution < -0.4 is 5.32 Å². The van der Waals surface area contributed by atoms with Crippen molar-refractivity contribution in [2.45, 2.75) is 30.0 Å². The van der Waals surface area contributed by atoms with E-state index in [0.717, 1.165) is 11.3 Å². The molecule has 0 spiro atoms. The van der Waals surface area contributed by atoms with Crippen molar-refractivity contribution < 1.29 is 14.6 Å². The van der Waals surface area contributed by atoms with Gasteiger partial charge in [-0.3, -0.25) is 5.32 Å². The van der Waals surface area contributed by atoms with Gasteiger partial charge in [-0.15, -0.1) is 0 Å². The number of halogens is 3. The van der Waals surface area contributed by atoms with E-state index in [-0.39, 0.29) is 6.61 Å². The number of aryl methyl sites for hydroxylation is 1. The van der Waals surface area contributed by atoms with Gasteiger partial charge >= 0.3 is 6.09 Å². The summed E-state index contributed by atoms with van der Waals surface area (Å²) in [4.78, 5) is 12.0. The number of hydrogen-bond donors (Lipinski definition) is 2. The summed E-state index contributed by atoms with van der Waals surface area (Å²) in [6.45, 7) is 5.17. The van der Waals surface area contributed by atoms with Gasteiger partial charge in [-0.2, -0.15) is 5.10 Å². The third-order valence-electron chi connectivity index (χ3n) is 3.67. The number of nitrogens with zero attached hydrogens (tertiary/aromatic N) is 2. The molecule has 26 heavy (non-hydrogen) atoms. The van der Waals surface area contributed by atoms with Gasteiger partial charge < -0.3 is 9.84 Å². The minimum Gasteiger partial charge on any atom is -0.445 e. The average Bonchev–Trinajstić information content (AvgIpc) is 2.97. The van der Waals surface area contributed by atoms with E-state index in [0.29, 0.717) is 11.5 Å². The Labute approximate surface area is 167 Å². The zero-order valence-corrected chi connectivity index (χ0v) is 16.9. The van der Waals surface area contributed by atoms with Crippen molar-refractivity contribution in [1.29, 1.82) is 0 Å². The first kappa shape index (κ1) is 20.8. The van der Waals surface area contributed by atoms with Crippen LogP contribution in [0.5, 0.6) is 0 Å². The fourth-order valence-corrected chi connectivity index (χ4v) is 2.22. The van der Waals surface area contributed by atoms with Gasteiger partial charge in [0.05, 0.1) is 18.0 Å². The number of hydrogen-bond acceptors (Lipinski definition) is 4. The second kappa shape index (κ2) is 8.05. The Balaban J connectivity index is 2.33. The zero-order valence-electron chi connectivity index (χ0n) is 14.6. The fourth-order valence-electron chi connectivity index (χ4n) is 2.05. The third kappa shape index (κ3) is 5.51. The molecular weight excluding hydrogens is 401 g/mol. The lowest BCUT2D eigenvalue weighted by molar-refractivity contribution is 0.163. The summed E-state index contributed by atoms with van der Waals surface area (Å²) in [5, 5.41) is 16.7. The van der Waals surface area contributed by atoms with Crippen LogP contribution in [0.25, 0.3) is 5.69 Å². The van der Waals surface area contributed by atoms with Crippen LogP contribution in [0.3, 0.4) is 0 Å². The second-order valence-corrected chi connectivity index (χ2v) is 9.04. The summed E-state index contributed by atoms with van der Waals surface area (Å²) in [6.07, 6.45) is -0.780. The number of amides is 1. The van der Waals surface area contributed by atoms with E-state index in [1.807, 2.05) is 45.0 Å². The number of aliphatic hydroxyl groups excluding tert-OH is 1. The van der Waals surface area contributed by atoms with E-state index in [1.165, 1.54) is 0 Å². The van der Waals surface area contributed by atoms with Crippen LogP contribution in [0.15, 0.2) is 30.3 Å². The molecule has 9 heteroatoms. The van der Waals surface area contributed by atoms with E-state index in [4.69, 9.17) is 39.5 Å². The molecule has 0 aliphatic rings. The monoisotopic (exact) mass is 419 g/mol. The van der Waals surface area contributed by atoms with Gasteiger partial charge in [0.25, 0.3) is 0 Å². The van der Waals surface area contributed by atoms with Crippen LogP contribution in [-0.2, 0) is 10.2 Å². The minimum absolute atomic E-state index is 0.102. The molecular formula is C17H20Cl3N3O3. The largest absolute Gasteiger partial charge is 0.445 e. The molecule has 1 aromatic heterocycles. The molecule has 6 nitrogen and oxygen atoms in total. The van der Waals surface area contributed by atoms with E-state index in [2.05, 4.69) is 10.4 Å². The van der Waals surface area contributed by atoms with Gasteiger partial charge in [0.2, 0.25) is 3.79 Å². The van der Waals surface area contributed by atoms with Gasteiger partial charge in [-0.05, 0) is 19.1 Å². The highest BCUT2D eigenvalue weighted by Crippen LogP contribution is 2.28. The molecule has 0 radical (unpaired) electrons. The predicted molar refractivity (Wildman–Crippen MR) is 104 cm³/mol. The Hall–Kier alpha value is -1.47. The number of alkyl halides is 3. The number of carbonyl (C=O) groups excluding carboxylic acids is 1. The summed E-state index contributed by atoms with van der Waals surface area (Å²) in [6, 6.07) is 9.27. The van der Waals surface area contributed by atoms with Crippen molar-refractivity contribution in [3.63, 3.8) is 0 Å². The van der Waals surface area contributed by atoms with Crippen molar-refractivity contribution in [2.75, 3.05) is 18.5 Å². The molecule has 0 unspecified atom stereocenters. The van der Waals surface area contributed by atoms with Gasteiger partial charge in [-0.1, -0.05) is 66.3 Å². The molecule has 1 amide bonds. The molecule has 0 bridgehead atoms. The van der Waals surface area contributed by atoms with Gasteiger partial charge in [0, 0.05) is 11.5 Å². The maximum absolute atomic E-state index is 12.0. The normalized spacial score (nSPS) is 12.1. The van der Waals surface area contributed by atoms with Crippen LogP contribution in [-0.4, -0.2) is 38.0 Å². The molecule has 0 aliphatic heterocycles. The molecule has 2 aromatic rings. The maximum atomic E-state index is 12.0. The summed E-state index contributed by atoms with van der Waals surface area (Å²) in [5.74, 6) is 0.375. The number of nitrogens with one attached hydrogen (secondary N) is 1. The highest BCUT2D eigenvalue weighted by molar-refractivity contribution is 6.67. The number of benzene rings is 1. The predicted octanol–water partition coefficient (Wildman–Crippen LogP) is 4.37. The molecule has 0 saturated heterocycles. The minimum atomic E-state index is -1.70. The average molecular weight is 421 g/mol. The Kier molecular flexibility index (Phi) is 6.45. The number of carbonyl (C=O) groups is 1. The molecule has 0 aliphatic carbocycles. The molecule has 0 atom stereocenters. The quantitative estimate of drug-likeness (QED) is 0.704. The van der Waals surface area contributed by atoms with Crippen molar-refractivity contribution >= 4 is 46.7 Å². The van der Waals surface area contributed by atoms with Crippen molar-refractivity contribution in [1.82, 2.24) is 9.78 Å². The van der Waals surface area contributed by atoms with E-state index in [1.54, 1.807) is 10.7 Å². The van der Waals surface area contributed by atoms with E-state index >= 15 is 0 Å². The van der Waals surface area contributed by atoms with Crippen molar-refractivity contribution in [3.05, 3.63) is 41.6 Å². The Morgan fingerprint density at radius 2 is 1.88 bits per heavy atom. The number of anilines is 1. The summed E-state index contributed by atoms with van der Waals surface area (Å²) >= 11 is 16.8. The number of aliphatic hydroxyl groups is 1. The molecule has 1 heterocycles. The van der Waals surface area contributed by atoms with Crippen LogP contribution in [0.4, 0.5) is 10.6 Å². The summed E-state index contributed by atoms with van der Waals surface area (Å²) in [5.41, 5.74) is 1.85. The second-order valence-electron chi connectivity index (χ2n) is 6.52.